The van der Waals surface area contributed by atoms with Gasteiger partial charge in [0, 0.05) is 33.3 Å². The summed E-state index contributed by atoms with van der Waals surface area (Å²) in [5.41, 5.74) is 1.27. The van der Waals surface area contributed by atoms with Gasteiger partial charge in [-0.05, 0) is 37.5 Å². The zero-order chi connectivity index (χ0) is 22.6. The first kappa shape index (κ1) is 23.5. The second-order valence-electron chi connectivity index (χ2n) is 7.71. The van der Waals surface area contributed by atoms with Gasteiger partial charge in [0.1, 0.15) is 12.6 Å². The van der Waals surface area contributed by atoms with E-state index in [2.05, 4.69) is 5.32 Å². The van der Waals surface area contributed by atoms with Crippen molar-refractivity contribution >= 4 is 33.2 Å². The molecule has 1 fully saturated rings. The summed E-state index contributed by atoms with van der Waals surface area (Å²) in [6.07, 6.45) is 2.64. The van der Waals surface area contributed by atoms with E-state index in [0.717, 1.165) is 31.5 Å². The minimum absolute atomic E-state index is 0.128. The summed E-state index contributed by atoms with van der Waals surface area (Å²) in [6.45, 7) is 5.59. The van der Waals surface area contributed by atoms with E-state index < -0.39 is 10.0 Å². The molecular formula is C21H32N4O5S. The predicted molar refractivity (Wildman–Crippen MR) is 119 cm³/mol. The second-order valence-corrected chi connectivity index (χ2v) is 9.65. The number of fused-ring (bicyclic) bond motifs is 3. The molecule has 1 saturated heterocycles. The van der Waals surface area contributed by atoms with Crippen molar-refractivity contribution in [2.24, 2.45) is 0 Å². The minimum atomic E-state index is -3.69. The minimum Gasteiger partial charge on any atom is -0.383 e. The van der Waals surface area contributed by atoms with Gasteiger partial charge < -0.3 is 15.0 Å². The molecule has 10 heteroatoms. The number of piperidine rings is 1. The number of rotatable bonds is 9. The average molecular weight is 453 g/mol. The lowest BCUT2D eigenvalue weighted by atomic mass is 9.96. The number of benzene rings is 1. The summed E-state index contributed by atoms with van der Waals surface area (Å²) in [5, 5.41) is 2.74. The number of ether oxygens (including phenoxy) is 1. The van der Waals surface area contributed by atoms with Crippen molar-refractivity contribution in [3.8, 4) is 0 Å². The zero-order valence-electron chi connectivity index (χ0n) is 18.5. The van der Waals surface area contributed by atoms with Gasteiger partial charge in [0.2, 0.25) is 21.8 Å². The van der Waals surface area contributed by atoms with Gasteiger partial charge in [0.05, 0.1) is 22.9 Å². The summed E-state index contributed by atoms with van der Waals surface area (Å²) < 4.78 is 32.5. The van der Waals surface area contributed by atoms with E-state index >= 15 is 0 Å². The maximum absolute atomic E-state index is 13.3. The lowest BCUT2D eigenvalue weighted by molar-refractivity contribution is -0.125. The lowest BCUT2D eigenvalue weighted by Gasteiger charge is -2.45. The van der Waals surface area contributed by atoms with Crippen LogP contribution in [-0.4, -0.2) is 77.0 Å². The highest BCUT2D eigenvalue weighted by atomic mass is 32.2. The number of nitrogens with one attached hydrogen (secondary N) is 1. The van der Waals surface area contributed by atoms with Crippen LogP contribution in [0.25, 0.3) is 0 Å². The Bertz CT molecular complexity index is 916. The van der Waals surface area contributed by atoms with Crippen molar-refractivity contribution in [2.75, 3.05) is 56.2 Å². The van der Waals surface area contributed by atoms with Crippen LogP contribution in [0.3, 0.4) is 0 Å². The SMILES string of the molecule is CCN(CC)S(=O)(=O)c1ccc2c(c1)N(CC(=O)NCCOC)C(=O)[C@@H]1CCCCN21. The second kappa shape index (κ2) is 9.97. The zero-order valence-corrected chi connectivity index (χ0v) is 19.3. The molecular weight excluding hydrogens is 420 g/mol. The first-order valence-corrected chi connectivity index (χ1v) is 12.3. The summed E-state index contributed by atoms with van der Waals surface area (Å²) in [6, 6.07) is 4.59. The molecule has 0 radical (unpaired) electrons. The number of sulfonamides is 1. The largest absolute Gasteiger partial charge is 0.383 e. The molecule has 0 bridgehead atoms. The van der Waals surface area contributed by atoms with Crippen molar-refractivity contribution in [3.05, 3.63) is 18.2 Å². The van der Waals surface area contributed by atoms with Crippen LogP contribution in [0.5, 0.6) is 0 Å². The van der Waals surface area contributed by atoms with Gasteiger partial charge in [0.25, 0.3) is 0 Å². The number of methoxy groups -OCH3 is 1. The van der Waals surface area contributed by atoms with Crippen LogP contribution in [0.15, 0.2) is 23.1 Å². The number of hydrogen-bond acceptors (Lipinski definition) is 6. The standard InChI is InChI=1S/C21H32N4O5S/c1-4-23(5-2)31(28,29)16-9-10-17-19(14-16)25(15-20(26)22-11-13-30-3)21(27)18-8-6-7-12-24(17)18/h9-10,14,18H,4-8,11-13,15H2,1-3H3,(H,22,26)/t18-/m0/s1. The monoisotopic (exact) mass is 452 g/mol. The van der Waals surface area contributed by atoms with Crippen molar-refractivity contribution in [1.82, 2.24) is 9.62 Å². The summed E-state index contributed by atoms with van der Waals surface area (Å²) in [7, 11) is -2.14. The van der Waals surface area contributed by atoms with Crippen LogP contribution in [0.1, 0.15) is 33.1 Å². The van der Waals surface area contributed by atoms with E-state index in [9.17, 15) is 18.0 Å². The number of hydrogen-bond donors (Lipinski definition) is 1. The van der Waals surface area contributed by atoms with Gasteiger partial charge in [-0.2, -0.15) is 4.31 Å². The molecule has 0 aromatic heterocycles. The normalized spacial score (nSPS) is 18.7. The maximum atomic E-state index is 13.3. The van der Waals surface area contributed by atoms with Gasteiger partial charge >= 0.3 is 0 Å². The predicted octanol–water partition coefficient (Wildman–Crippen LogP) is 1.19. The fourth-order valence-corrected chi connectivity index (χ4v) is 5.74. The molecule has 2 aliphatic heterocycles. The highest BCUT2D eigenvalue weighted by Crippen LogP contribution is 2.40. The Kier molecular flexibility index (Phi) is 7.55. The number of amides is 2. The molecule has 0 saturated carbocycles. The highest BCUT2D eigenvalue weighted by Gasteiger charge is 2.40. The van der Waals surface area contributed by atoms with E-state index in [1.807, 2.05) is 4.90 Å². The summed E-state index contributed by atoms with van der Waals surface area (Å²) in [4.78, 5) is 29.4. The summed E-state index contributed by atoms with van der Waals surface area (Å²) in [5.74, 6) is -0.468. The number of carbonyl (C=O) groups is 2. The molecule has 1 N–H and O–H groups in total. The Hall–Kier alpha value is -2.17. The number of carbonyl (C=O) groups excluding carboxylic acids is 2. The Labute approximate surface area is 184 Å². The van der Waals surface area contributed by atoms with Gasteiger partial charge in [-0.3, -0.25) is 14.5 Å². The molecule has 31 heavy (non-hydrogen) atoms. The third-order valence-electron chi connectivity index (χ3n) is 5.87. The topological polar surface area (TPSA) is 99.3 Å². The molecule has 1 atom stereocenters. The Morgan fingerprint density at radius 2 is 1.97 bits per heavy atom. The van der Waals surface area contributed by atoms with Crippen molar-refractivity contribution in [3.63, 3.8) is 0 Å². The number of nitrogens with zero attached hydrogens (tertiary/aromatic N) is 3. The van der Waals surface area contributed by atoms with Gasteiger partial charge in [-0.1, -0.05) is 13.8 Å². The van der Waals surface area contributed by atoms with E-state index in [4.69, 9.17) is 4.74 Å². The van der Waals surface area contributed by atoms with Gasteiger partial charge in [-0.15, -0.1) is 0 Å². The molecule has 0 spiro atoms. The Morgan fingerprint density at radius 1 is 1.23 bits per heavy atom. The van der Waals surface area contributed by atoms with E-state index in [1.54, 1.807) is 33.1 Å². The number of anilines is 2. The molecule has 9 nitrogen and oxygen atoms in total. The van der Waals surface area contributed by atoms with E-state index in [0.29, 0.717) is 31.9 Å². The average Bonchev–Trinajstić information content (AvgIpc) is 2.77. The van der Waals surface area contributed by atoms with E-state index in [-0.39, 0.29) is 29.3 Å². The first-order chi connectivity index (χ1) is 14.8. The molecule has 0 aliphatic carbocycles. The Morgan fingerprint density at radius 3 is 2.65 bits per heavy atom. The fourth-order valence-electron chi connectivity index (χ4n) is 4.27. The third-order valence-corrected chi connectivity index (χ3v) is 7.92. The van der Waals surface area contributed by atoms with Crippen LogP contribution in [0.4, 0.5) is 11.4 Å². The quantitative estimate of drug-likeness (QED) is 0.565. The molecule has 0 unspecified atom stereocenters. The molecule has 2 aliphatic rings. The van der Waals surface area contributed by atoms with E-state index in [1.165, 1.54) is 15.3 Å². The molecule has 172 valence electrons. The van der Waals surface area contributed by atoms with Crippen LogP contribution >= 0.6 is 0 Å². The van der Waals surface area contributed by atoms with Gasteiger partial charge in [-0.25, -0.2) is 8.42 Å². The summed E-state index contributed by atoms with van der Waals surface area (Å²) >= 11 is 0. The smallest absolute Gasteiger partial charge is 0.250 e. The van der Waals surface area contributed by atoms with Crippen LogP contribution in [0, 0.1) is 0 Å². The molecule has 2 amide bonds. The van der Waals surface area contributed by atoms with Crippen molar-refractivity contribution in [2.45, 2.75) is 44.0 Å². The Balaban J connectivity index is 2.00. The van der Waals surface area contributed by atoms with Crippen molar-refractivity contribution in [1.29, 1.82) is 0 Å². The molecule has 2 heterocycles. The lowest BCUT2D eigenvalue weighted by Crippen LogP contribution is -2.57. The van der Waals surface area contributed by atoms with Crippen LogP contribution in [0.2, 0.25) is 0 Å². The van der Waals surface area contributed by atoms with Crippen molar-refractivity contribution < 1.29 is 22.7 Å². The van der Waals surface area contributed by atoms with Crippen LogP contribution in [-0.2, 0) is 24.3 Å². The van der Waals surface area contributed by atoms with Crippen LogP contribution < -0.4 is 15.1 Å². The van der Waals surface area contributed by atoms with Gasteiger partial charge in [0.15, 0.2) is 0 Å². The highest BCUT2D eigenvalue weighted by molar-refractivity contribution is 7.89. The fraction of sp³-hybridized carbons (Fsp3) is 0.619. The molecule has 1 aromatic carbocycles. The molecule has 3 rings (SSSR count). The molecule has 1 aromatic rings. The first-order valence-electron chi connectivity index (χ1n) is 10.8. The third kappa shape index (κ3) is 4.70. The maximum Gasteiger partial charge on any atom is 0.250 e.